The van der Waals surface area contributed by atoms with E-state index in [0.29, 0.717) is 19.7 Å². The van der Waals surface area contributed by atoms with Crippen LogP contribution in [0.4, 0.5) is 0 Å². The van der Waals surface area contributed by atoms with Gasteiger partial charge in [0.25, 0.3) is 0 Å². The minimum Gasteiger partial charge on any atom is -0.467 e. The third kappa shape index (κ3) is 3.85. The van der Waals surface area contributed by atoms with Gasteiger partial charge in [-0.3, -0.25) is 9.59 Å². The molecule has 1 heterocycles. The normalized spacial score (nSPS) is 14.7. The van der Waals surface area contributed by atoms with Crippen LogP contribution in [0.2, 0.25) is 0 Å². The number of ether oxygens (including phenoxy) is 1. The van der Waals surface area contributed by atoms with Crippen LogP contribution in [0.15, 0.2) is 22.8 Å². The zero-order valence-electron chi connectivity index (χ0n) is 11.8. The fourth-order valence-electron chi connectivity index (χ4n) is 2.23. The molecule has 0 unspecified atom stereocenters. The van der Waals surface area contributed by atoms with E-state index in [1.807, 2.05) is 6.07 Å². The molecule has 0 aromatic carbocycles. The van der Waals surface area contributed by atoms with Gasteiger partial charge < -0.3 is 14.1 Å². The zero-order valence-corrected chi connectivity index (χ0v) is 11.8. The lowest BCUT2D eigenvalue weighted by Crippen LogP contribution is -2.39. The van der Waals surface area contributed by atoms with Crippen LogP contribution in [0.25, 0.3) is 0 Å². The van der Waals surface area contributed by atoms with Gasteiger partial charge in [0.1, 0.15) is 5.76 Å². The maximum Gasteiger partial charge on any atom is 0.307 e. The van der Waals surface area contributed by atoms with Crippen LogP contribution in [0.1, 0.15) is 38.4 Å². The molecule has 1 fully saturated rings. The zero-order chi connectivity index (χ0) is 14.4. The van der Waals surface area contributed by atoms with Crippen molar-refractivity contribution < 1.29 is 18.7 Å². The maximum atomic E-state index is 12.4. The number of nitrogens with zero attached hydrogens (tertiary/aromatic N) is 1. The monoisotopic (exact) mass is 279 g/mol. The number of furan rings is 1. The third-order valence-corrected chi connectivity index (χ3v) is 3.58. The molecule has 20 heavy (non-hydrogen) atoms. The Morgan fingerprint density at radius 2 is 2.25 bits per heavy atom. The van der Waals surface area contributed by atoms with Crippen molar-refractivity contribution in [2.75, 3.05) is 13.2 Å². The summed E-state index contributed by atoms with van der Waals surface area (Å²) in [6, 6.07) is 3.64. The van der Waals surface area contributed by atoms with Gasteiger partial charge in [-0.2, -0.15) is 0 Å². The fourth-order valence-corrected chi connectivity index (χ4v) is 2.23. The summed E-state index contributed by atoms with van der Waals surface area (Å²) in [5.74, 6) is 0.712. The molecule has 110 valence electrons. The van der Waals surface area contributed by atoms with Crippen molar-refractivity contribution in [1.29, 1.82) is 0 Å². The van der Waals surface area contributed by atoms with E-state index in [-0.39, 0.29) is 24.2 Å². The highest BCUT2D eigenvalue weighted by Gasteiger charge is 2.30. The number of carbonyl (C=O) groups excluding carboxylic acids is 2. The Hall–Kier alpha value is -1.78. The van der Waals surface area contributed by atoms with Crippen LogP contribution in [0, 0.1) is 5.92 Å². The van der Waals surface area contributed by atoms with Crippen LogP contribution < -0.4 is 0 Å². The van der Waals surface area contributed by atoms with Gasteiger partial charge in [-0.15, -0.1) is 0 Å². The second-order valence-corrected chi connectivity index (χ2v) is 5.02. The average molecular weight is 279 g/mol. The fraction of sp³-hybridized carbons (Fsp3) is 0.600. The van der Waals surface area contributed by atoms with Crippen molar-refractivity contribution in [2.45, 2.75) is 39.2 Å². The van der Waals surface area contributed by atoms with E-state index < -0.39 is 0 Å². The van der Waals surface area contributed by atoms with Crippen molar-refractivity contribution in [3.8, 4) is 0 Å². The van der Waals surface area contributed by atoms with Crippen LogP contribution in [-0.4, -0.2) is 29.9 Å². The Morgan fingerprint density at radius 1 is 1.45 bits per heavy atom. The third-order valence-electron chi connectivity index (χ3n) is 3.58. The van der Waals surface area contributed by atoms with Crippen LogP contribution in [-0.2, 0) is 20.9 Å². The van der Waals surface area contributed by atoms with Crippen molar-refractivity contribution in [1.82, 2.24) is 4.90 Å². The van der Waals surface area contributed by atoms with Gasteiger partial charge in [0.15, 0.2) is 0 Å². The standard InChI is InChI=1S/C15H21NO4/c1-2-19-14(17)8-9-16(11-13-7-4-10-20-13)15(18)12-5-3-6-12/h4,7,10,12H,2-3,5-6,8-9,11H2,1H3. The van der Waals surface area contributed by atoms with Crippen molar-refractivity contribution in [3.63, 3.8) is 0 Å². The van der Waals surface area contributed by atoms with E-state index in [2.05, 4.69) is 0 Å². The SMILES string of the molecule is CCOC(=O)CCN(Cc1ccco1)C(=O)C1CCC1. The number of hydrogen-bond acceptors (Lipinski definition) is 4. The highest BCUT2D eigenvalue weighted by atomic mass is 16.5. The van der Waals surface area contributed by atoms with Crippen molar-refractivity contribution in [2.24, 2.45) is 5.92 Å². The summed E-state index contributed by atoms with van der Waals surface area (Å²) in [5, 5.41) is 0. The van der Waals surface area contributed by atoms with Gasteiger partial charge in [0, 0.05) is 12.5 Å². The number of hydrogen-bond donors (Lipinski definition) is 0. The average Bonchev–Trinajstić information content (AvgIpc) is 2.85. The molecule has 1 aliphatic carbocycles. The summed E-state index contributed by atoms with van der Waals surface area (Å²) >= 11 is 0. The molecular formula is C15H21NO4. The molecule has 0 spiro atoms. The molecule has 0 atom stereocenters. The summed E-state index contributed by atoms with van der Waals surface area (Å²) in [7, 11) is 0. The molecule has 1 aromatic rings. The van der Waals surface area contributed by atoms with Gasteiger partial charge in [-0.25, -0.2) is 0 Å². The van der Waals surface area contributed by atoms with Gasteiger partial charge in [0.2, 0.25) is 5.91 Å². The largest absolute Gasteiger partial charge is 0.467 e. The first kappa shape index (κ1) is 14.6. The molecule has 2 rings (SSSR count). The first-order valence-electron chi connectivity index (χ1n) is 7.17. The van der Waals surface area contributed by atoms with E-state index >= 15 is 0 Å². The molecule has 1 aromatic heterocycles. The lowest BCUT2D eigenvalue weighted by atomic mass is 9.84. The summed E-state index contributed by atoms with van der Waals surface area (Å²) in [6.07, 6.45) is 4.84. The Morgan fingerprint density at radius 3 is 2.80 bits per heavy atom. The number of rotatable bonds is 7. The molecule has 0 saturated heterocycles. The Kier molecular flexibility index (Phi) is 5.21. The second kappa shape index (κ2) is 7.12. The highest BCUT2D eigenvalue weighted by molar-refractivity contribution is 5.80. The van der Waals surface area contributed by atoms with Crippen molar-refractivity contribution >= 4 is 11.9 Å². The smallest absolute Gasteiger partial charge is 0.307 e. The molecule has 5 nitrogen and oxygen atoms in total. The minimum absolute atomic E-state index is 0.118. The van der Waals surface area contributed by atoms with Gasteiger partial charge in [-0.05, 0) is 31.9 Å². The minimum atomic E-state index is -0.265. The maximum absolute atomic E-state index is 12.4. The molecule has 0 radical (unpaired) electrons. The lowest BCUT2D eigenvalue weighted by molar-refractivity contribution is -0.145. The van der Waals surface area contributed by atoms with Crippen LogP contribution in [0.5, 0.6) is 0 Å². The predicted molar refractivity (Wildman–Crippen MR) is 72.7 cm³/mol. The summed E-state index contributed by atoms with van der Waals surface area (Å²) in [4.78, 5) is 25.5. The first-order chi connectivity index (χ1) is 9.70. The van der Waals surface area contributed by atoms with Gasteiger partial charge in [0.05, 0.1) is 25.8 Å². The van der Waals surface area contributed by atoms with Crippen LogP contribution >= 0.6 is 0 Å². The lowest BCUT2D eigenvalue weighted by Gasteiger charge is -2.31. The van der Waals surface area contributed by atoms with Crippen LogP contribution in [0.3, 0.4) is 0 Å². The Bertz CT molecular complexity index is 437. The summed E-state index contributed by atoms with van der Waals surface area (Å²) in [6.45, 7) is 2.95. The number of amides is 1. The predicted octanol–water partition coefficient (Wildman–Crippen LogP) is 2.36. The highest BCUT2D eigenvalue weighted by Crippen LogP contribution is 2.28. The van der Waals surface area contributed by atoms with Gasteiger partial charge >= 0.3 is 5.97 Å². The van der Waals surface area contributed by atoms with E-state index in [1.165, 1.54) is 0 Å². The molecule has 0 aliphatic heterocycles. The number of carbonyl (C=O) groups is 2. The first-order valence-corrected chi connectivity index (χ1v) is 7.17. The van der Waals surface area contributed by atoms with Gasteiger partial charge in [-0.1, -0.05) is 6.42 Å². The molecule has 1 amide bonds. The molecule has 1 aliphatic rings. The topological polar surface area (TPSA) is 59.8 Å². The van der Waals surface area contributed by atoms with Crippen molar-refractivity contribution in [3.05, 3.63) is 24.2 Å². The Balaban J connectivity index is 1.92. The van der Waals surface area contributed by atoms with E-state index in [9.17, 15) is 9.59 Å². The molecule has 0 N–H and O–H groups in total. The Labute approximate surface area is 118 Å². The molecular weight excluding hydrogens is 258 g/mol. The van der Waals surface area contributed by atoms with E-state index in [4.69, 9.17) is 9.15 Å². The molecule has 1 saturated carbocycles. The summed E-state index contributed by atoms with van der Waals surface area (Å²) < 4.78 is 10.2. The number of esters is 1. The molecule has 0 bridgehead atoms. The van der Waals surface area contributed by atoms with E-state index in [0.717, 1.165) is 25.0 Å². The second-order valence-electron chi connectivity index (χ2n) is 5.02. The summed E-state index contributed by atoms with van der Waals surface area (Å²) in [5.41, 5.74) is 0. The molecule has 5 heteroatoms. The quantitative estimate of drug-likeness (QED) is 0.719. The van der Waals surface area contributed by atoms with E-state index in [1.54, 1.807) is 24.2 Å².